The topological polar surface area (TPSA) is 26.7 Å². The molecule has 0 amide bonds. The minimum absolute atomic E-state index is 0.338. The Kier molecular flexibility index (Phi) is 4.70. The average Bonchev–Trinajstić information content (AvgIpc) is 2.53. The Labute approximate surface area is 81.3 Å². The fourth-order valence-corrected chi connectivity index (χ4v) is 1.88. The molecular weight excluding hydrogens is 164 g/mol. The molecule has 1 rings (SSSR count). The molecule has 0 aliphatic carbocycles. The Morgan fingerprint density at radius 1 is 1.38 bits per heavy atom. The number of likely N-dealkylation sites (tertiary alicyclic amines) is 1. The van der Waals surface area contributed by atoms with Gasteiger partial charge in [-0.05, 0) is 46.4 Å². The van der Waals surface area contributed by atoms with Crippen molar-refractivity contribution in [3.63, 3.8) is 0 Å². The van der Waals surface area contributed by atoms with Gasteiger partial charge in [-0.3, -0.25) is 0 Å². The van der Waals surface area contributed by atoms with Crippen LogP contribution in [0.15, 0.2) is 0 Å². The van der Waals surface area contributed by atoms with Gasteiger partial charge in [0.25, 0.3) is 0 Å². The quantitative estimate of drug-likeness (QED) is 0.629. The molecule has 1 fully saturated rings. The zero-order valence-electron chi connectivity index (χ0n) is 8.87. The Morgan fingerprint density at radius 2 is 2.15 bits per heavy atom. The number of aliphatic hydroxyl groups is 1. The highest BCUT2D eigenvalue weighted by molar-refractivity contribution is 4.80. The normalized spacial score (nSPS) is 24.5. The number of aliphatic hydroxyl groups excluding tert-OH is 1. The molecular formula is C10H22N2O. The number of hydrogen-bond acceptors (Lipinski definition) is 3. The third-order valence-electron chi connectivity index (χ3n) is 2.86. The SMILES string of the molecule is CN(C)C1CCN(CCCCO)C1. The fraction of sp³-hybridized carbons (Fsp3) is 1.00. The van der Waals surface area contributed by atoms with E-state index in [0.29, 0.717) is 6.61 Å². The predicted molar refractivity (Wildman–Crippen MR) is 54.9 cm³/mol. The molecule has 1 atom stereocenters. The van der Waals surface area contributed by atoms with Gasteiger partial charge in [-0.15, -0.1) is 0 Å². The summed E-state index contributed by atoms with van der Waals surface area (Å²) in [5.74, 6) is 0. The van der Waals surface area contributed by atoms with E-state index in [1.54, 1.807) is 0 Å². The van der Waals surface area contributed by atoms with Crippen LogP contribution < -0.4 is 0 Å². The third-order valence-corrected chi connectivity index (χ3v) is 2.86. The Balaban J connectivity index is 2.10. The Bertz CT molecular complexity index is 139. The van der Waals surface area contributed by atoms with E-state index in [2.05, 4.69) is 23.9 Å². The van der Waals surface area contributed by atoms with E-state index >= 15 is 0 Å². The zero-order valence-corrected chi connectivity index (χ0v) is 8.87. The van der Waals surface area contributed by atoms with Gasteiger partial charge in [-0.2, -0.15) is 0 Å². The van der Waals surface area contributed by atoms with E-state index in [-0.39, 0.29) is 0 Å². The maximum Gasteiger partial charge on any atom is 0.0431 e. The van der Waals surface area contributed by atoms with Crippen LogP contribution in [0.3, 0.4) is 0 Å². The van der Waals surface area contributed by atoms with Crippen LogP contribution >= 0.6 is 0 Å². The van der Waals surface area contributed by atoms with Crippen molar-refractivity contribution in [2.45, 2.75) is 25.3 Å². The second-order valence-electron chi connectivity index (χ2n) is 4.14. The van der Waals surface area contributed by atoms with Gasteiger partial charge >= 0.3 is 0 Å². The maximum atomic E-state index is 8.65. The highest BCUT2D eigenvalue weighted by atomic mass is 16.2. The van der Waals surface area contributed by atoms with Crippen molar-refractivity contribution in [2.75, 3.05) is 40.3 Å². The van der Waals surface area contributed by atoms with Crippen molar-refractivity contribution in [2.24, 2.45) is 0 Å². The van der Waals surface area contributed by atoms with Crippen LogP contribution in [0, 0.1) is 0 Å². The summed E-state index contributed by atoms with van der Waals surface area (Å²) in [4.78, 5) is 4.81. The predicted octanol–water partition coefficient (Wildman–Crippen LogP) is 0.395. The number of rotatable bonds is 5. The molecule has 0 aromatic carbocycles. The fourth-order valence-electron chi connectivity index (χ4n) is 1.88. The second-order valence-corrected chi connectivity index (χ2v) is 4.14. The first-order chi connectivity index (χ1) is 6.24. The smallest absolute Gasteiger partial charge is 0.0431 e. The van der Waals surface area contributed by atoms with Crippen LogP contribution in [0.4, 0.5) is 0 Å². The summed E-state index contributed by atoms with van der Waals surface area (Å²) in [6.45, 7) is 3.93. The van der Waals surface area contributed by atoms with Crippen LogP contribution in [-0.2, 0) is 0 Å². The number of unbranched alkanes of at least 4 members (excludes halogenated alkanes) is 1. The van der Waals surface area contributed by atoms with Gasteiger partial charge in [-0.25, -0.2) is 0 Å². The molecule has 0 spiro atoms. The molecule has 1 N–H and O–H groups in total. The second kappa shape index (κ2) is 5.58. The lowest BCUT2D eigenvalue weighted by atomic mass is 10.2. The maximum absolute atomic E-state index is 8.65. The lowest BCUT2D eigenvalue weighted by Gasteiger charge is -2.20. The summed E-state index contributed by atoms with van der Waals surface area (Å²) < 4.78 is 0. The summed E-state index contributed by atoms with van der Waals surface area (Å²) in [5.41, 5.74) is 0. The molecule has 78 valence electrons. The number of hydrogen-bond donors (Lipinski definition) is 1. The zero-order chi connectivity index (χ0) is 9.68. The number of nitrogens with zero attached hydrogens (tertiary/aromatic N) is 2. The average molecular weight is 186 g/mol. The Hall–Kier alpha value is -0.120. The lowest BCUT2D eigenvalue weighted by Crippen LogP contribution is -2.31. The third kappa shape index (κ3) is 3.63. The molecule has 0 bridgehead atoms. The minimum Gasteiger partial charge on any atom is -0.396 e. The van der Waals surface area contributed by atoms with Gasteiger partial charge in [0.2, 0.25) is 0 Å². The van der Waals surface area contributed by atoms with Crippen molar-refractivity contribution in [3.8, 4) is 0 Å². The molecule has 13 heavy (non-hydrogen) atoms. The van der Waals surface area contributed by atoms with E-state index < -0.39 is 0 Å². The molecule has 3 heteroatoms. The summed E-state index contributed by atoms with van der Waals surface area (Å²) >= 11 is 0. The molecule has 1 aliphatic rings. The Morgan fingerprint density at radius 3 is 2.69 bits per heavy atom. The van der Waals surface area contributed by atoms with E-state index in [4.69, 9.17) is 5.11 Å². The van der Waals surface area contributed by atoms with Crippen molar-refractivity contribution in [1.82, 2.24) is 9.80 Å². The van der Waals surface area contributed by atoms with Gasteiger partial charge in [0.15, 0.2) is 0 Å². The molecule has 0 aromatic heterocycles. The molecule has 0 radical (unpaired) electrons. The molecule has 3 nitrogen and oxygen atoms in total. The largest absolute Gasteiger partial charge is 0.396 e. The monoisotopic (exact) mass is 186 g/mol. The van der Waals surface area contributed by atoms with Gasteiger partial charge in [0.05, 0.1) is 0 Å². The van der Waals surface area contributed by atoms with Crippen molar-refractivity contribution < 1.29 is 5.11 Å². The molecule has 1 heterocycles. The summed E-state index contributed by atoms with van der Waals surface area (Å²) in [6, 6.07) is 0.745. The summed E-state index contributed by atoms with van der Waals surface area (Å²) in [5, 5.41) is 8.65. The van der Waals surface area contributed by atoms with Crippen LogP contribution in [0.2, 0.25) is 0 Å². The molecule has 0 saturated carbocycles. The molecule has 1 unspecified atom stereocenters. The van der Waals surface area contributed by atoms with Crippen molar-refractivity contribution >= 4 is 0 Å². The minimum atomic E-state index is 0.338. The van der Waals surface area contributed by atoms with Crippen LogP contribution in [0.5, 0.6) is 0 Å². The van der Waals surface area contributed by atoms with Gasteiger partial charge in [0.1, 0.15) is 0 Å². The number of likely N-dealkylation sites (N-methyl/N-ethyl adjacent to an activating group) is 1. The lowest BCUT2D eigenvalue weighted by molar-refractivity contribution is 0.247. The molecule has 0 aromatic rings. The van der Waals surface area contributed by atoms with Gasteiger partial charge < -0.3 is 14.9 Å². The van der Waals surface area contributed by atoms with Crippen LogP contribution in [0.25, 0.3) is 0 Å². The molecule has 1 aliphatic heterocycles. The first-order valence-corrected chi connectivity index (χ1v) is 5.23. The van der Waals surface area contributed by atoms with E-state index in [1.807, 2.05) is 0 Å². The standard InChI is InChI=1S/C10H22N2O/c1-11(2)10-5-7-12(9-10)6-3-4-8-13/h10,13H,3-9H2,1-2H3. The summed E-state index contributed by atoms with van der Waals surface area (Å²) in [6.07, 6.45) is 3.38. The highest BCUT2D eigenvalue weighted by Crippen LogP contribution is 2.13. The van der Waals surface area contributed by atoms with Crippen LogP contribution in [-0.4, -0.2) is 61.3 Å². The van der Waals surface area contributed by atoms with Crippen molar-refractivity contribution in [3.05, 3.63) is 0 Å². The van der Waals surface area contributed by atoms with Crippen LogP contribution in [0.1, 0.15) is 19.3 Å². The first kappa shape index (κ1) is 11.0. The van der Waals surface area contributed by atoms with E-state index in [9.17, 15) is 0 Å². The first-order valence-electron chi connectivity index (χ1n) is 5.23. The van der Waals surface area contributed by atoms with Gasteiger partial charge in [-0.1, -0.05) is 0 Å². The van der Waals surface area contributed by atoms with E-state index in [1.165, 1.54) is 19.5 Å². The summed E-state index contributed by atoms with van der Waals surface area (Å²) in [7, 11) is 4.31. The highest BCUT2D eigenvalue weighted by Gasteiger charge is 2.22. The van der Waals surface area contributed by atoms with E-state index in [0.717, 1.165) is 25.4 Å². The molecule has 1 saturated heterocycles. The van der Waals surface area contributed by atoms with Gasteiger partial charge in [0, 0.05) is 19.2 Å². The van der Waals surface area contributed by atoms with Crippen molar-refractivity contribution in [1.29, 1.82) is 0 Å².